The molecule has 0 spiro atoms. The van der Waals surface area contributed by atoms with Crippen LogP contribution in [0.1, 0.15) is 5.56 Å². The van der Waals surface area contributed by atoms with Gasteiger partial charge in [0.05, 0.1) is 38.8 Å². The van der Waals surface area contributed by atoms with Crippen LogP contribution in [0.5, 0.6) is 11.5 Å². The number of fused-ring (bicyclic) bond motifs is 1. The van der Waals surface area contributed by atoms with Gasteiger partial charge in [0, 0.05) is 11.5 Å². The fourth-order valence-electron chi connectivity index (χ4n) is 2.93. The number of hydrogen-bond acceptors (Lipinski definition) is 6. The highest BCUT2D eigenvalue weighted by atomic mass is 16.5. The molecule has 0 saturated carbocycles. The maximum atomic E-state index is 5.41. The van der Waals surface area contributed by atoms with Gasteiger partial charge in [-0.25, -0.2) is 15.0 Å². The lowest BCUT2D eigenvalue weighted by Crippen LogP contribution is -2.05. The lowest BCUT2D eigenvalue weighted by atomic mass is 10.2. The molecule has 0 radical (unpaired) electrons. The lowest BCUT2D eigenvalue weighted by Gasteiger charge is -2.13. The fourth-order valence-corrected chi connectivity index (χ4v) is 2.93. The maximum absolute atomic E-state index is 5.41. The first kappa shape index (κ1) is 16.8. The van der Waals surface area contributed by atoms with Gasteiger partial charge in [-0.15, -0.1) is 0 Å². The molecule has 0 atom stereocenters. The molecule has 0 fully saturated rings. The maximum Gasteiger partial charge on any atom is 0.162 e. The summed E-state index contributed by atoms with van der Waals surface area (Å²) < 4.78 is 12.8. The van der Waals surface area contributed by atoms with Gasteiger partial charge in [0.15, 0.2) is 11.5 Å². The van der Waals surface area contributed by atoms with Crippen molar-refractivity contribution < 1.29 is 9.47 Å². The van der Waals surface area contributed by atoms with E-state index in [4.69, 9.17) is 9.47 Å². The molecule has 1 N–H and O–H groups in total. The van der Waals surface area contributed by atoms with Crippen LogP contribution >= 0.6 is 0 Å². The van der Waals surface area contributed by atoms with Crippen LogP contribution in [-0.4, -0.2) is 33.7 Å². The van der Waals surface area contributed by atoms with E-state index >= 15 is 0 Å². The van der Waals surface area contributed by atoms with Gasteiger partial charge >= 0.3 is 0 Å². The molecule has 136 valence electrons. The number of rotatable bonds is 6. The normalized spacial score (nSPS) is 10.7. The predicted octanol–water partition coefficient (Wildman–Crippen LogP) is 3.64. The van der Waals surface area contributed by atoms with E-state index in [0.717, 1.165) is 16.7 Å². The van der Waals surface area contributed by atoms with Crippen LogP contribution < -0.4 is 14.8 Å². The number of benzene rings is 2. The minimum atomic E-state index is 0.626. The SMILES string of the molecule is COc1cc2ncnc(Nc3cncn3Cc3ccccc3)c2cc1OC. The van der Waals surface area contributed by atoms with Crippen molar-refractivity contribution in [2.75, 3.05) is 19.5 Å². The second-order valence-corrected chi connectivity index (χ2v) is 5.96. The zero-order valence-electron chi connectivity index (χ0n) is 15.1. The second-order valence-electron chi connectivity index (χ2n) is 5.96. The molecule has 2 aromatic heterocycles. The highest BCUT2D eigenvalue weighted by Gasteiger charge is 2.12. The highest BCUT2D eigenvalue weighted by Crippen LogP contribution is 2.34. The van der Waals surface area contributed by atoms with Gasteiger partial charge in [-0.05, 0) is 11.6 Å². The van der Waals surface area contributed by atoms with Crippen LogP contribution in [0, 0.1) is 0 Å². The van der Waals surface area contributed by atoms with E-state index in [1.807, 2.05) is 34.9 Å². The molecule has 2 heterocycles. The van der Waals surface area contributed by atoms with E-state index in [1.165, 1.54) is 11.9 Å². The Balaban J connectivity index is 1.69. The van der Waals surface area contributed by atoms with Gasteiger partial charge in [-0.3, -0.25) is 0 Å². The number of hydrogen-bond donors (Lipinski definition) is 1. The molecule has 0 saturated heterocycles. The van der Waals surface area contributed by atoms with Gasteiger partial charge in [0.1, 0.15) is 18.0 Å². The van der Waals surface area contributed by atoms with Gasteiger partial charge in [-0.2, -0.15) is 0 Å². The summed E-state index contributed by atoms with van der Waals surface area (Å²) in [7, 11) is 3.21. The standard InChI is InChI=1S/C20H19N5O2/c1-26-17-8-15-16(9-18(17)27-2)22-12-23-20(15)24-19-10-21-13-25(19)11-14-6-4-3-5-7-14/h3-10,12-13H,11H2,1-2H3,(H,22,23,24). The molecule has 4 rings (SSSR count). The Hall–Kier alpha value is -3.61. The topological polar surface area (TPSA) is 74.1 Å². The van der Waals surface area contributed by atoms with Crippen molar-refractivity contribution in [2.24, 2.45) is 0 Å². The molecule has 0 amide bonds. The van der Waals surface area contributed by atoms with Crippen LogP contribution in [0.25, 0.3) is 10.9 Å². The summed E-state index contributed by atoms with van der Waals surface area (Å²) in [5, 5.41) is 4.19. The summed E-state index contributed by atoms with van der Waals surface area (Å²) in [5.74, 6) is 2.77. The summed E-state index contributed by atoms with van der Waals surface area (Å²) in [4.78, 5) is 13.0. The number of anilines is 2. The summed E-state index contributed by atoms with van der Waals surface area (Å²) >= 11 is 0. The van der Waals surface area contributed by atoms with E-state index in [1.54, 1.807) is 26.7 Å². The molecule has 27 heavy (non-hydrogen) atoms. The van der Waals surface area contributed by atoms with E-state index in [2.05, 4.69) is 32.4 Å². The number of methoxy groups -OCH3 is 2. The average molecular weight is 361 g/mol. The summed E-state index contributed by atoms with van der Waals surface area (Å²) in [5.41, 5.74) is 1.96. The van der Waals surface area contributed by atoms with Crippen molar-refractivity contribution in [2.45, 2.75) is 6.54 Å². The number of imidazole rings is 1. The quantitative estimate of drug-likeness (QED) is 0.565. The van der Waals surface area contributed by atoms with Crippen LogP contribution in [0.2, 0.25) is 0 Å². The minimum absolute atomic E-state index is 0.626. The number of nitrogens with one attached hydrogen (secondary N) is 1. The Kier molecular flexibility index (Phi) is 4.57. The molecular weight excluding hydrogens is 342 g/mol. The lowest BCUT2D eigenvalue weighted by molar-refractivity contribution is 0.356. The average Bonchev–Trinajstić information content (AvgIpc) is 3.14. The summed E-state index contributed by atoms with van der Waals surface area (Å²) in [6.45, 7) is 0.712. The van der Waals surface area contributed by atoms with Crippen LogP contribution in [-0.2, 0) is 6.54 Å². The van der Waals surface area contributed by atoms with Crippen LogP contribution in [0.4, 0.5) is 11.6 Å². The van der Waals surface area contributed by atoms with Crippen molar-refractivity contribution in [3.63, 3.8) is 0 Å². The second kappa shape index (κ2) is 7.33. The van der Waals surface area contributed by atoms with Crippen molar-refractivity contribution >= 4 is 22.5 Å². The van der Waals surface area contributed by atoms with Gasteiger partial charge < -0.3 is 19.4 Å². The molecule has 0 aliphatic heterocycles. The largest absolute Gasteiger partial charge is 0.493 e. The van der Waals surface area contributed by atoms with Gasteiger partial charge in [-0.1, -0.05) is 30.3 Å². The van der Waals surface area contributed by atoms with Crippen LogP contribution in [0.3, 0.4) is 0 Å². The molecule has 0 unspecified atom stereocenters. The number of aromatic nitrogens is 4. The van der Waals surface area contributed by atoms with E-state index in [9.17, 15) is 0 Å². The Morgan fingerprint density at radius 2 is 1.78 bits per heavy atom. The first-order chi connectivity index (χ1) is 13.3. The Morgan fingerprint density at radius 3 is 2.56 bits per heavy atom. The monoisotopic (exact) mass is 361 g/mol. The van der Waals surface area contributed by atoms with Crippen molar-refractivity contribution in [1.82, 2.24) is 19.5 Å². The zero-order chi connectivity index (χ0) is 18.6. The Labute approximate surface area is 156 Å². The molecule has 0 aliphatic rings. The Bertz CT molecular complexity index is 1060. The third-order valence-electron chi connectivity index (χ3n) is 4.30. The molecule has 0 bridgehead atoms. The van der Waals surface area contributed by atoms with Gasteiger partial charge in [0.2, 0.25) is 0 Å². The van der Waals surface area contributed by atoms with Crippen LogP contribution in [0.15, 0.2) is 61.3 Å². The van der Waals surface area contributed by atoms with E-state index in [0.29, 0.717) is 23.9 Å². The fraction of sp³-hybridized carbons (Fsp3) is 0.150. The number of nitrogens with zero attached hydrogens (tertiary/aromatic N) is 4. The molecule has 0 aliphatic carbocycles. The summed E-state index contributed by atoms with van der Waals surface area (Å²) in [6, 6.07) is 13.9. The third-order valence-corrected chi connectivity index (χ3v) is 4.30. The van der Waals surface area contributed by atoms with E-state index in [-0.39, 0.29) is 0 Å². The van der Waals surface area contributed by atoms with Crippen molar-refractivity contribution in [3.8, 4) is 11.5 Å². The van der Waals surface area contributed by atoms with Crippen molar-refractivity contribution in [3.05, 3.63) is 66.9 Å². The van der Waals surface area contributed by atoms with Gasteiger partial charge in [0.25, 0.3) is 0 Å². The predicted molar refractivity (Wildman–Crippen MR) is 104 cm³/mol. The number of ether oxygens (including phenoxy) is 2. The van der Waals surface area contributed by atoms with Crippen molar-refractivity contribution in [1.29, 1.82) is 0 Å². The minimum Gasteiger partial charge on any atom is -0.493 e. The molecule has 7 nitrogen and oxygen atoms in total. The third kappa shape index (κ3) is 3.39. The molecular formula is C20H19N5O2. The summed E-state index contributed by atoms with van der Waals surface area (Å²) in [6.07, 6.45) is 5.09. The molecule has 2 aromatic carbocycles. The molecule has 7 heteroatoms. The Morgan fingerprint density at radius 1 is 1.00 bits per heavy atom. The first-order valence-corrected chi connectivity index (χ1v) is 8.46. The zero-order valence-corrected chi connectivity index (χ0v) is 15.1. The first-order valence-electron chi connectivity index (χ1n) is 8.46. The smallest absolute Gasteiger partial charge is 0.162 e. The van der Waals surface area contributed by atoms with E-state index < -0.39 is 0 Å². The molecule has 4 aromatic rings. The highest BCUT2D eigenvalue weighted by molar-refractivity contribution is 5.92.